The Hall–Kier alpha value is -2.88. The molecule has 2 atom stereocenters. The molecule has 2 aromatic heterocycles. The molecule has 3 aliphatic rings. The van der Waals surface area contributed by atoms with Gasteiger partial charge in [-0.05, 0) is 52.1 Å². The van der Waals surface area contributed by atoms with Gasteiger partial charge in [-0.25, -0.2) is 4.79 Å². The van der Waals surface area contributed by atoms with E-state index in [0.29, 0.717) is 24.1 Å². The van der Waals surface area contributed by atoms with Crippen molar-refractivity contribution in [1.29, 1.82) is 0 Å². The summed E-state index contributed by atoms with van der Waals surface area (Å²) in [5.41, 5.74) is 2.54. The van der Waals surface area contributed by atoms with Gasteiger partial charge >= 0.3 is 6.03 Å². The number of aryl methyl sites for hydroxylation is 1. The Kier molecular flexibility index (Phi) is 5.46. The Balaban J connectivity index is 1.35. The van der Waals surface area contributed by atoms with Crippen molar-refractivity contribution < 1.29 is 9.59 Å². The highest BCUT2D eigenvalue weighted by Crippen LogP contribution is 2.41. The lowest BCUT2D eigenvalue weighted by molar-refractivity contribution is 0.0454. The van der Waals surface area contributed by atoms with E-state index in [4.69, 9.17) is 0 Å². The van der Waals surface area contributed by atoms with Gasteiger partial charge < -0.3 is 15.1 Å². The normalized spacial score (nSPS) is 24.0. The highest BCUT2D eigenvalue weighted by Gasteiger charge is 2.47. The third-order valence-corrected chi connectivity index (χ3v) is 7.84. The van der Waals surface area contributed by atoms with Gasteiger partial charge in [0.2, 0.25) is 0 Å². The molecule has 10 heteroatoms. The molecule has 2 saturated heterocycles. The highest BCUT2D eigenvalue weighted by molar-refractivity contribution is 6.03. The fraction of sp³-hybridized carbons (Fsp3) is 0.667. The average Bonchev–Trinajstić information content (AvgIpc) is 3.52. The Bertz CT molecular complexity index is 1120. The molecule has 0 bridgehead atoms. The van der Waals surface area contributed by atoms with Gasteiger partial charge in [0.05, 0.1) is 23.5 Å². The molecule has 5 heterocycles. The first kappa shape index (κ1) is 22.9. The lowest BCUT2D eigenvalue weighted by Gasteiger charge is -2.45. The van der Waals surface area contributed by atoms with E-state index in [2.05, 4.69) is 32.4 Å². The standard InChI is InChI=1S/C24H36N8O2/c1-14(2)18-10-19(29(6)28-18)22(33)25-21-17-13-32(24(4,5)20(17)26-27-21)23(34)31-12-16-8-7-9-30(16)11-15(31)3/h10,14-16H,7-9,11-13H2,1-6H3,(H2,25,26,27,33)/t15-,16-/m0/s1. The monoisotopic (exact) mass is 468 g/mol. The van der Waals surface area contributed by atoms with Crippen LogP contribution in [0, 0.1) is 0 Å². The molecule has 0 aromatic carbocycles. The highest BCUT2D eigenvalue weighted by atomic mass is 16.2. The van der Waals surface area contributed by atoms with Crippen molar-refractivity contribution in [3.63, 3.8) is 0 Å². The van der Waals surface area contributed by atoms with Gasteiger partial charge in [0.15, 0.2) is 5.82 Å². The number of nitrogens with zero attached hydrogens (tertiary/aromatic N) is 6. The van der Waals surface area contributed by atoms with Crippen LogP contribution < -0.4 is 5.32 Å². The average molecular weight is 469 g/mol. The Morgan fingerprint density at radius 3 is 2.74 bits per heavy atom. The summed E-state index contributed by atoms with van der Waals surface area (Å²) in [4.78, 5) is 33.2. The maximum absolute atomic E-state index is 13.7. The molecule has 3 amide bonds. The van der Waals surface area contributed by atoms with Crippen molar-refractivity contribution in [3.8, 4) is 0 Å². The molecule has 2 aromatic rings. The number of hydrogen-bond donors (Lipinski definition) is 2. The number of aromatic amines is 1. The van der Waals surface area contributed by atoms with Crippen molar-refractivity contribution in [2.75, 3.05) is 25.0 Å². The minimum atomic E-state index is -0.549. The fourth-order valence-corrected chi connectivity index (χ4v) is 5.69. The quantitative estimate of drug-likeness (QED) is 0.721. The van der Waals surface area contributed by atoms with Gasteiger partial charge in [-0.1, -0.05) is 13.8 Å². The summed E-state index contributed by atoms with van der Waals surface area (Å²) in [5, 5.41) is 14.9. The van der Waals surface area contributed by atoms with E-state index in [1.54, 1.807) is 11.7 Å². The van der Waals surface area contributed by atoms with Crippen LogP contribution in [0.25, 0.3) is 0 Å². The van der Waals surface area contributed by atoms with Crippen LogP contribution in [-0.2, 0) is 19.1 Å². The first-order valence-electron chi connectivity index (χ1n) is 12.3. The lowest BCUT2D eigenvalue weighted by Crippen LogP contribution is -2.60. The number of carbonyl (C=O) groups excluding carboxylic acids is 2. The first-order valence-corrected chi connectivity index (χ1v) is 12.3. The predicted octanol–water partition coefficient (Wildman–Crippen LogP) is 2.86. The lowest BCUT2D eigenvalue weighted by atomic mass is 10.0. The van der Waals surface area contributed by atoms with Crippen LogP contribution in [0.5, 0.6) is 0 Å². The van der Waals surface area contributed by atoms with Crippen LogP contribution in [0.4, 0.5) is 10.6 Å². The molecule has 10 nitrogen and oxygen atoms in total. The van der Waals surface area contributed by atoms with Gasteiger partial charge in [0, 0.05) is 37.8 Å². The summed E-state index contributed by atoms with van der Waals surface area (Å²) < 4.78 is 1.60. The number of urea groups is 1. The van der Waals surface area contributed by atoms with Crippen molar-refractivity contribution in [3.05, 3.63) is 28.7 Å². The molecule has 184 valence electrons. The largest absolute Gasteiger partial charge is 0.321 e. The Labute approximate surface area is 200 Å². The number of carbonyl (C=O) groups is 2. The number of anilines is 1. The molecule has 0 saturated carbocycles. The number of aromatic nitrogens is 4. The number of piperazine rings is 1. The summed E-state index contributed by atoms with van der Waals surface area (Å²) in [6.07, 6.45) is 2.37. The van der Waals surface area contributed by atoms with Gasteiger partial charge in [-0.2, -0.15) is 10.2 Å². The molecular weight excluding hydrogens is 432 g/mol. The Morgan fingerprint density at radius 1 is 1.26 bits per heavy atom. The molecule has 3 aliphatic heterocycles. The predicted molar refractivity (Wildman–Crippen MR) is 129 cm³/mol. The molecule has 0 unspecified atom stereocenters. The van der Waals surface area contributed by atoms with E-state index >= 15 is 0 Å². The summed E-state index contributed by atoms with van der Waals surface area (Å²) >= 11 is 0. The number of nitrogens with one attached hydrogen (secondary N) is 2. The van der Waals surface area contributed by atoms with E-state index in [1.807, 2.05) is 43.6 Å². The van der Waals surface area contributed by atoms with E-state index in [-0.39, 0.29) is 23.9 Å². The third-order valence-electron chi connectivity index (χ3n) is 7.84. The van der Waals surface area contributed by atoms with E-state index in [0.717, 1.165) is 43.0 Å². The second-order valence-electron chi connectivity index (χ2n) is 10.8. The zero-order chi connectivity index (χ0) is 24.4. The van der Waals surface area contributed by atoms with Crippen LogP contribution in [-0.4, -0.2) is 78.3 Å². The minimum Gasteiger partial charge on any atom is -0.319 e. The van der Waals surface area contributed by atoms with Crippen LogP contribution in [0.15, 0.2) is 6.07 Å². The smallest absolute Gasteiger partial charge is 0.319 e. The summed E-state index contributed by atoms with van der Waals surface area (Å²) in [5.74, 6) is 0.449. The molecule has 34 heavy (non-hydrogen) atoms. The zero-order valence-corrected chi connectivity index (χ0v) is 21.1. The van der Waals surface area contributed by atoms with Gasteiger partial charge in [0.25, 0.3) is 5.91 Å². The van der Waals surface area contributed by atoms with Crippen LogP contribution in [0.3, 0.4) is 0 Å². The number of hydrogen-bond acceptors (Lipinski definition) is 5. The third kappa shape index (κ3) is 3.59. The van der Waals surface area contributed by atoms with E-state index in [1.165, 1.54) is 6.42 Å². The van der Waals surface area contributed by atoms with Crippen molar-refractivity contribution in [2.24, 2.45) is 7.05 Å². The maximum Gasteiger partial charge on any atom is 0.321 e. The number of fused-ring (bicyclic) bond motifs is 2. The van der Waals surface area contributed by atoms with Crippen LogP contribution in [0.1, 0.15) is 80.8 Å². The second-order valence-corrected chi connectivity index (χ2v) is 10.8. The molecule has 5 rings (SSSR count). The van der Waals surface area contributed by atoms with Crippen molar-refractivity contribution in [2.45, 2.75) is 77.5 Å². The fourth-order valence-electron chi connectivity index (χ4n) is 5.69. The van der Waals surface area contributed by atoms with Crippen molar-refractivity contribution >= 4 is 17.8 Å². The molecule has 0 aliphatic carbocycles. The Morgan fingerprint density at radius 2 is 2.03 bits per heavy atom. The first-order chi connectivity index (χ1) is 16.1. The molecular formula is C24H36N8O2. The second kappa shape index (κ2) is 8.11. The molecule has 0 spiro atoms. The number of rotatable bonds is 3. The van der Waals surface area contributed by atoms with Crippen LogP contribution in [0.2, 0.25) is 0 Å². The molecule has 0 radical (unpaired) electrons. The van der Waals surface area contributed by atoms with E-state index < -0.39 is 5.54 Å². The number of H-pyrrole nitrogens is 1. The summed E-state index contributed by atoms with van der Waals surface area (Å²) in [6.45, 7) is 13.6. The zero-order valence-electron chi connectivity index (χ0n) is 21.1. The van der Waals surface area contributed by atoms with Crippen LogP contribution >= 0.6 is 0 Å². The SMILES string of the molecule is CC(C)c1cc(C(=O)Nc2n[nH]c3c2CN(C(=O)N2C[C@@H]4CCCN4C[C@@H]2C)C3(C)C)n(C)n1. The topological polar surface area (TPSA) is 102 Å². The molecule has 2 fully saturated rings. The summed E-state index contributed by atoms with van der Waals surface area (Å²) in [7, 11) is 1.77. The molecule has 2 N–H and O–H groups in total. The van der Waals surface area contributed by atoms with Gasteiger partial charge in [0.1, 0.15) is 5.69 Å². The van der Waals surface area contributed by atoms with E-state index in [9.17, 15) is 9.59 Å². The van der Waals surface area contributed by atoms with Crippen molar-refractivity contribution in [1.82, 2.24) is 34.7 Å². The van der Waals surface area contributed by atoms with Gasteiger partial charge in [-0.15, -0.1) is 0 Å². The number of amides is 3. The minimum absolute atomic E-state index is 0.0548. The maximum atomic E-state index is 13.7. The summed E-state index contributed by atoms with van der Waals surface area (Å²) in [6, 6.07) is 2.51. The van der Waals surface area contributed by atoms with Gasteiger partial charge in [-0.3, -0.25) is 19.5 Å².